The predicted octanol–water partition coefficient (Wildman–Crippen LogP) is 2.27. The lowest BCUT2D eigenvalue weighted by Gasteiger charge is -2.40. The standard InChI is InChI=1S/C21H31N3O2/c1-17-4-2-5-20(26)24(17)12-8-19(25)23-13-10-21(16-23)9-3-11-22(15-21)14-18-6-7-18/h2,4-5,18H,3,6-16H2,1H3/t21-/m1/s1. The van der Waals surface area contributed by atoms with Gasteiger partial charge in [-0.25, -0.2) is 0 Å². The molecule has 0 unspecified atom stereocenters. The van der Waals surface area contributed by atoms with Gasteiger partial charge in [0, 0.05) is 56.3 Å². The zero-order chi connectivity index (χ0) is 18.1. The molecule has 2 saturated heterocycles. The normalized spacial score (nSPS) is 26.6. The average molecular weight is 357 g/mol. The SMILES string of the molecule is Cc1cccc(=O)n1CCC(=O)N1CC[C@@]2(CCCN(CC3CC3)C2)C1. The van der Waals surface area contributed by atoms with Crippen molar-refractivity contribution in [3.8, 4) is 0 Å². The van der Waals surface area contributed by atoms with E-state index in [2.05, 4.69) is 9.80 Å². The summed E-state index contributed by atoms with van der Waals surface area (Å²) in [7, 11) is 0. The summed E-state index contributed by atoms with van der Waals surface area (Å²) in [6, 6.07) is 5.27. The molecular weight excluding hydrogens is 326 g/mol. The number of carbonyl (C=O) groups is 1. The van der Waals surface area contributed by atoms with Crippen LogP contribution in [0.4, 0.5) is 0 Å². The highest BCUT2D eigenvalue weighted by atomic mass is 16.2. The van der Waals surface area contributed by atoms with E-state index in [1.807, 2.05) is 13.0 Å². The van der Waals surface area contributed by atoms with Crippen LogP contribution in [0.2, 0.25) is 0 Å². The second kappa shape index (κ2) is 7.18. The second-order valence-electron chi connectivity index (χ2n) is 8.75. The largest absolute Gasteiger partial charge is 0.342 e. The smallest absolute Gasteiger partial charge is 0.250 e. The summed E-state index contributed by atoms with van der Waals surface area (Å²) in [6.45, 7) is 7.89. The molecule has 26 heavy (non-hydrogen) atoms. The van der Waals surface area contributed by atoms with Crippen LogP contribution in [0.5, 0.6) is 0 Å². The fourth-order valence-corrected chi connectivity index (χ4v) is 4.89. The molecule has 1 aliphatic carbocycles. The molecule has 0 bridgehead atoms. The Balaban J connectivity index is 1.32. The van der Waals surface area contributed by atoms with E-state index in [1.165, 1.54) is 45.3 Å². The minimum absolute atomic E-state index is 0.0151. The number of carbonyl (C=O) groups excluding carboxylic acids is 1. The first-order valence-corrected chi connectivity index (χ1v) is 10.2. The van der Waals surface area contributed by atoms with Gasteiger partial charge < -0.3 is 14.4 Å². The first-order chi connectivity index (χ1) is 12.5. The first kappa shape index (κ1) is 17.8. The van der Waals surface area contributed by atoms with Gasteiger partial charge in [0.1, 0.15) is 0 Å². The van der Waals surface area contributed by atoms with Crippen LogP contribution in [0.15, 0.2) is 23.0 Å². The minimum Gasteiger partial charge on any atom is -0.342 e. The molecule has 4 rings (SSSR count). The number of rotatable bonds is 5. The predicted molar refractivity (Wildman–Crippen MR) is 102 cm³/mol. The van der Waals surface area contributed by atoms with Gasteiger partial charge in [0.25, 0.3) is 5.56 Å². The molecule has 5 heteroatoms. The molecule has 1 amide bonds. The van der Waals surface area contributed by atoms with E-state index in [4.69, 9.17) is 0 Å². The van der Waals surface area contributed by atoms with E-state index in [-0.39, 0.29) is 11.5 Å². The van der Waals surface area contributed by atoms with Crippen LogP contribution in [0.1, 0.15) is 44.2 Å². The van der Waals surface area contributed by atoms with E-state index < -0.39 is 0 Å². The lowest BCUT2D eigenvalue weighted by molar-refractivity contribution is -0.131. The van der Waals surface area contributed by atoms with E-state index in [0.717, 1.165) is 31.1 Å². The first-order valence-electron chi connectivity index (χ1n) is 10.2. The lowest BCUT2D eigenvalue weighted by atomic mass is 9.79. The highest BCUT2D eigenvalue weighted by Crippen LogP contribution is 2.40. The maximum atomic E-state index is 12.7. The monoisotopic (exact) mass is 357 g/mol. The number of pyridine rings is 1. The molecule has 0 aromatic carbocycles. The Bertz CT molecular complexity index is 724. The fourth-order valence-electron chi connectivity index (χ4n) is 4.89. The molecule has 1 aromatic heterocycles. The molecule has 0 N–H and O–H groups in total. The number of aryl methyl sites for hydroxylation is 1. The Hall–Kier alpha value is -1.62. The Morgan fingerprint density at radius 3 is 2.81 bits per heavy atom. The number of hydrogen-bond donors (Lipinski definition) is 0. The topological polar surface area (TPSA) is 45.6 Å². The van der Waals surface area contributed by atoms with Crippen molar-refractivity contribution in [2.24, 2.45) is 11.3 Å². The fraction of sp³-hybridized carbons (Fsp3) is 0.714. The third-order valence-electron chi connectivity index (χ3n) is 6.56. The molecule has 1 spiro atoms. The maximum absolute atomic E-state index is 12.7. The maximum Gasteiger partial charge on any atom is 0.250 e. The van der Waals surface area contributed by atoms with Crippen molar-refractivity contribution in [2.45, 2.75) is 52.0 Å². The van der Waals surface area contributed by atoms with Gasteiger partial charge in [0.2, 0.25) is 5.91 Å². The Kier molecular flexibility index (Phi) is 4.91. The van der Waals surface area contributed by atoms with Crippen molar-refractivity contribution in [1.29, 1.82) is 0 Å². The number of amides is 1. The highest BCUT2D eigenvalue weighted by molar-refractivity contribution is 5.76. The Morgan fingerprint density at radius 1 is 1.19 bits per heavy atom. The van der Waals surface area contributed by atoms with Gasteiger partial charge in [-0.1, -0.05) is 6.07 Å². The van der Waals surface area contributed by atoms with E-state index in [1.54, 1.807) is 16.7 Å². The zero-order valence-corrected chi connectivity index (χ0v) is 16.0. The van der Waals surface area contributed by atoms with Gasteiger partial charge in [-0.05, 0) is 57.6 Å². The molecule has 1 aromatic rings. The number of piperidine rings is 1. The molecular formula is C21H31N3O2. The number of aromatic nitrogens is 1. The molecule has 3 fully saturated rings. The second-order valence-corrected chi connectivity index (χ2v) is 8.75. The van der Waals surface area contributed by atoms with Crippen molar-refractivity contribution in [1.82, 2.24) is 14.4 Å². The van der Waals surface area contributed by atoms with Crippen molar-refractivity contribution in [3.05, 3.63) is 34.2 Å². The molecule has 0 radical (unpaired) electrons. The minimum atomic E-state index is -0.0151. The molecule has 142 valence electrons. The molecule has 1 atom stereocenters. The van der Waals surface area contributed by atoms with Crippen molar-refractivity contribution >= 4 is 5.91 Å². The summed E-state index contributed by atoms with van der Waals surface area (Å²) in [6.07, 6.45) is 6.91. The number of nitrogens with zero attached hydrogens (tertiary/aromatic N) is 3. The van der Waals surface area contributed by atoms with E-state index >= 15 is 0 Å². The lowest BCUT2D eigenvalue weighted by Crippen LogP contribution is -2.46. The Morgan fingerprint density at radius 2 is 2.04 bits per heavy atom. The van der Waals surface area contributed by atoms with Gasteiger partial charge in [-0.2, -0.15) is 0 Å². The molecule has 3 heterocycles. The Labute approximate surface area is 156 Å². The van der Waals surface area contributed by atoms with Crippen LogP contribution >= 0.6 is 0 Å². The van der Waals surface area contributed by atoms with Gasteiger partial charge in [-0.15, -0.1) is 0 Å². The quantitative estimate of drug-likeness (QED) is 0.812. The number of likely N-dealkylation sites (tertiary alicyclic amines) is 2. The van der Waals surface area contributed by atoms with Gasteiger partial charge in [-0.3, -0.25) is 9.59 Å². The highest BCUT2D eigenvalue weighted by Gasteiger charge is 2.43. The van der Waals surface area contributed by atoms with Gasteiger partial charge >= 0.3 is 0 Å². The molecule has 5 nitrogen and oxygen atoms in total. The number of hydrogen-bond acceptors (Lipinski definition) is 3. The molecule has 2 aliphatic heterocycles. The summed E-state index contributed by atoms with van der Waals surface area (Å²) in [5.74, 6) is 1.15. The van der Waals surface area contributed by atoms with Crippen LogP contribution in [0, 0.1) is 18.3 Å². The summed E-state index contributed by atoms with van der Waals surface area (Å²) in [4.78, 5) is 29.4. The van der Waals surface area contributed by atoms with Crippen LogP contribution in [-0.4, -0.2) is 53.0 Å². The summed E-state index contributed by atoms with van der Waals surface area (Å²) >= 11 is 0. The van der Waals surface area contributed by atoms with E-state index in [9.17, 15) is 9.59 Å². The van der Waals surface area contributed by atoms with Crippen molar-refractivity contribution in [3.63, 3.8) is 0 Å². The third-order valence-corrected chi connectivity index (χ3v) is 6.56. The molecule has 1 saturated carbocycles. The summed E-state index contributed by atoms with van der Waals surface area (Å²) in [5.41, 5.74) is 1.23. The van der Waals surface area contributed by atoms with Crippen molar-refractivity contribution < 1.29 is 4.79 Å². The average Bonchev–Trinajstić information content (AvgIpc) is 3.33. The summed E-state index contributed by atoms with van der Waals surface area (Å²) < 4.78 is 1.71. The zero-order valence-electron chi connectivity index (χ0n) is 16.0. The van der Waals surface area contributed by atoms with Crippen molar-refractivity contribution in [2.75, 3.05) is 32.7 Å². The van der Waals surface area contributed by atoms with Crippen LogP contribution in [-0.2, 0) is 11.3 Å². The van der Waals surface area contributed by atoms with Gasteiger partial charge in [0.05, 0.1) is 0 Å². The molecule has 3 aliphatic rings. The van der Waals surface area contributed by atoms with Crippen LogP contribution in [0.3, 0.4) is 0 Å². The summed E-state index contributed by atoms with van der Waals surface area (Å²) in [5, 5.41) is 0. The van der Waals surface area contributed by atoms with Crippen LogP contribution in [0.25, 0.3) is 0 Å². The van der Waals surface area contributed by atoms with E-state index in [0.29, 0.717) is 18.4 Å². The third kappa shape index (κ3) is 3.88. The van der Waals surface area contributed by atoms with Crippen LogP contribution < -0.4 is 5.56 Å². The van der Waals surface area contributed by atoms with Gasteiger partial charge in [0.15, 0.2) is 0 Å².